The maximum absolute atomic E-state index is 11.8. The van der Waals surface area contributed by atoms with Crippen molar-refractivity contribution in [2.45, 2.75) is 19.5 Å². The van der Waals surface area contributed by atoms with E-state index in [1.54, 1.807) is 16.9 Å². The molecule has 2 heterocycles. The van der Waals surface area contributed by atoms with Gasteiger partial charge in [0, 0.05) is 19.2 Å². The van der Waals surface area contributed by atoms with Crippen molar-refractivity contribution in [3.63, 3.8) is 0 Å². The summed E-state index contributed by atoms with van der Waals surface area (Å²) in [5.41, 5.74) is 0. The van der Waals surface area contributed by atoms with E-state index in [1.165, 1.54) is 0 Å². The molecule has 0 aromatic carbocycles. The van der Waals surface area contributed by atoms with Crippen LogP contribution in [0.3, 0.4) is 0 Å². The van der Waals surface area contributed by atoms with Gasteiger partial charge in [-0.2, -0.15) is 5.10 Å². The van der Waals surface area contributed by atoms with E-state index in [0.717, 1.165) is 12.4 Å². The summed E-state index contributed by atoms with van der Waals surface area (Å²) in [4.78, 5) is 11.8. The highest BCUT2D eigenvalue weighted by Gasteiger charge is 2.21. The number of anilines is 1. The lowest BCUT2D eigenvalue weighted by Crippen LogP contribution is -2.49. The number of carbonyl (C=O) groups is 1. The standard InChI is InChI=1S/C10H16N4O2/c1-2-14-9(3-4-12-14)13-10(15)8-7-16-6-5-11-8/h3-4,8,11H,2,5-7H2,1H3,(H,13,15). The molecule has 1 aromatic heterocycles. The molecule has 0 aliphatic carbocycles. The van der Waals surface area contributed by atoms with Gasteiger partial charge in [-0.05, 0) is 6.92 Å². The fourth-order valence-electron chi connectivity index (χ4n) is 1.64. The third kappa shape index (κ3) is 2.40. The molecule has 0 spiro atoms. The number of nitrogens with one attached hydrogen (secondary N) is 2. The molecule has 1 amide bonds. The zero-order valence-corrected chi connectivity index (χ0v) is 9.27. The number of nitrogens with zero attached hydrogens (tertiary/aromatic N) is 2. The number of ether oxygens (including phenoxy) is 1. The van der Waals surface area contributed by atoms with Crippen LogP contribution in [0.2, 0.25) is 0 Å². The van der Waals surface area contributed by atoms with E-state index in [2.05, 4.69) is 15.7 Å². The smallest absolute Gasteiger partial charge is 0.245 e. The van der Waals surface area contributed by atoms with Crippen molar-refractivity contribution in [1.29, 1.82) is 0 Å². The van der Waals surface area contributed by atoms with Crippen LogP contribution in [-0.2, 0) is 16.1 Å². The topological polar surface area (TPSA) is 68.2 Å². The fourth-order valence-corrected chi connectivity index (χ4v) is 1.64. The largest absolute Gasteiger partial charge is 0.378 e. The zero-order chi connectivity index (χ0) is 11.4. The highest BCUT2D eigenvalue weighted by molar-refractivity contribution is 5.94. The first kappa shape index (κ1) is 11.1. The van der Waals surface area contributed by atoms with Crippen LogP contribution < -0.4 is 10.6 Å². The lowest BCUT2D eigenvalue weighted by Gasteiger charge is -2.22. The highest BCUT2D eigenvalue weighted by atomic mass is 16.5. The summed E-state index contributed by atoms with van der Waals surface area (Å²) < 4.78 is 6.97. The first-order valence-electron chi connectivity index (χ1n) is 5.45. The molecule has 6 heteroatoms. The van der Waals surface area contributed by atoms with E-state index in [1.807, 2.05) is 6.92 Å². The number of carbonyl (C=O) groups excluding carboxylic acids is 1. The highest BCUT2D eigenvalue weighted by Crippen LogP contribution is 2.06. The van der Waals surface area contributed by atoms with E-state index >= 15 is 0 Å². The Bertz CT molecular complexity index is 357. The van der Waals surface area contributed by atoms with Gasteiger partial charge in [0.05, 0.1) is 19.4 Å². The van der Waals surface area contributed by atoms with Crippen LogP contribution in [0.1, 0.15) is 6.92 Å². The Hall–Kier alpha value is -1.40. The van der Waals surface area contributed by atoms with Crippen LogP contribution in [0.25, 0.3) is 0 Å². The van der Waals surface area contributed by atoms with E-state index in [4.69, 9.17) is 4.74 Å². The molecule has 0 saturated carbocycles. The predicted octanol–water partition coefficient (Wildman–Crippen LogP) is -0.170. The van der Waals surface area contributed by atoms with Gasteiger partial charge in [0.2, 0.25) is 5.91 Å². The van der Waals surface area contributed by atoms with E-state index < -0.39 is 0 Å². The number of aryl methyl sites for hydroxylation is 1. The summed E-state index contributed by atoms with van der Waals surface area (Å²) >= 11 is 0. The van der Waals surface area contributed by atoms with Crippen LogP contribution in [-0.4, -0.2) is 41.5 Å². The third-order valence-electron chi connectivity index (χ3n) is 2.51. The minimum atomic E-state index is -0.269. The summed E-state index contributed by atoms with van der Waals surface area (Å²) in [6.07, 6.45) is 1.67. The first-order chi connectivity index (χ1) is 7.81. The SMILES string of the molecule is CCn1nccc1NC(=O)C1COCCN1. The van der Waals surface area contributed by atoms with Gasteiger partial charge < -0.3 is 15.4 Å². The molecule has 1 unspecified atom stereocenters. The molecular formula is C10H16N4O2. The summed E-state index contributed by atoms with van der Waals surface area (Å²) in [5, 5.41) is 10.0. The molecule has 88 valence electrons. The number of morpholine rings is 1. The van der Waals surface area contributed by atoms with Crippen molar-refractivity contribution < 1.29 is 9.53 Å². The number of aromatic nitrogens is 2. The lowest BCUT2D eigenvalue weighted by molar-refractivity contribution is -0.120. The second-order valence-electron chi connectivity index (χ2n) is 3.60. The van der Waals surface area contributed by atoms with Gasteiger partial charge >= 0.3 is 0 Å². The Morgan fingerprint density at radius 3 is 3.38 bits per heavy atom. The maximum Gasteiger partial charge on any atom is 0.245 e. The van der Waals surface area contributed by atoms with Crippen molar-refractivity contribution in [1.82, 2.24) is 15.1 Å². The van der Waals surface area contributed by atoms with Gasteiger partial charge in [-0.25, -0.2) is 4.68 Å². The molecule has 2 N–H and O–H groups in total. The van der Waals surface area contributed by atoms with Crippen molar-refractivity contribution in [2.24, 2.45) is 0 Å². The Balaban J connectivity index is 1.95. The van der Waals surface area contributed by atoms with Gasteiger partial charge in [0.15, 0.2) is 0 Å². The van der Waals surface area contributed by atoms with Crippen molar-refractivity contribution in [3.8, 4) is 0 Å². The van der Waals surface area contributed by atoms with Gasteiger partial charge in [-0.3, -0.25) is 4.79 Å². The Morgan fingerprint density at radius 2 is 2.69 bits per heavy atom. The molecule has 1 aliphatic heterocycles. The molecule has 0 radical (unpaired) electrons. The summed E-state index contributed by atoms with van der Waals surface area (Å²) in [7, 11) is 0. The third-order valence-corrected chi connectivity index (χ3v) is 2.51. The fraction of sp³-hybridized carbons (Fsp3) is 0.600. The van der Waals surface area contributed by atoms with Gasteiger partial charge in [-0.15, -0.1) is 0 Å². The normalized spacial score (nSPS) is 20.7. The van der Waals surface area contributed by atoms with Crippen LogP contribution in [0.5, 0.6) is 0 Å². The molecule has 1 fully saturated rings. The number of rotatable bonds is 3. The molecule has 1 saturated heterocycles. The Morgan fingerprint density at radius 1 is 1.81 bits per heavy atom. The van der Waals surface area contributed by atoms with E-state index in [9.17, 15) is 4.79 Å². The van der Waals surface area contributed by atoms with Crippen LogP contribution in [0, 0.1) is 0 Å². The minimum absolute atomic E-state index is 0.0742. The van der Waals surface area contributed by atoms with Crippen molar-refractivity contribution in [3.05, 3.63) is 12.3 Å². The molecule has 1 aromatic rings. The van der Waals surface area contributed by atoms with Crippen LogP contribution in [0.4, 0.5) is 5.82 Å². The number of hydrogen-bond donors (Lipinski definition) is 2. The summed E-state index contributed by atoms with van der Waals surface area (Å²) in [6, 6.07) is 1.51. The van der Waals surface area contributed by atoms with Crippen molar-refractivity contribution in [2.75, 3.05) is 25.1 Å². The monoisotopic (exact) mass is 224 g/mol. The molecule has 1 atom stereocenters. The maximum atomic E-state index is 11.8. The van der Waals surface area contributed by atoms with Gasteiger partial charge in [0.1, 0.15) is 11.9 Å². The predicted molar refractivity (Wildman–Crippen MR) is 59.1 cm³/mol. The van der Waals surface area contributed by atoms with Gasteiger partial charge in [0.25, 0.3) is 0 Å². The molecule has 16 heavy (non-hydrogen) atoms. The van der Waals surface area contributed by atoms with Crippen LogP contribution >= 0.6 is 0 Å². The minimum Gasteiger partial charge on any atom is -0.378 e. The second kappa shape index (κ2) is 5.09. The molecule has 2 rings (SSSR count). The van der Waals surface area contributed by atoms with Crippen molar-refractivity contribution >= 4 is 11.7 Å². The van der Waals surface area contributed by atoms with Gasteiger partial charge in [-0.1, -0.05) is 0 Å². The number of hydrogen-bond acceptors (Lipinski definition) is 4. The average molecular weight is 224 g/mol. The molecule has 0 bridgehead atoms. The molecule has 1 aliphatic rings. The lowest BCUT2D eigenvalue weighted by atomic mass is 10.2. The average Bonchev–Trinajstić information content (AvgIpc) is 2.77. The molecular weight excluding hydrogens is 208 g/mol. The van der Waals surface area contributed by atoms with E-state index in [-0.39, 0.29) is 11.9 Å². The summed E-state index contributed by atoms with van der Waals surface area (Å²) in [6.45, 7) is 4.51. The summed E-state index contributed by atoms with van der Waals surface area (Å²) in [5.74, 6) is 0.648. The first-order valence-corrected chi connectivity index (χ1v) is 5.45. The Kier molecular flexibility index (Phi) is 3.53. The molecule has 6 nitrogen and oxygen atoms in total. The van der Waals surface area contributed by atoms with Crippen LogP contribution in [0.15, 0.2) is 12.3 Å². The number of amides is 1. The quantitative estimate of drug-likeness (QED) is 0.748. The Labute approximate surface area is 94.0 Å². The van der Waals surface area contributed by atoms with E-state index in [0.29, 0.717) is 19.8 Å². The second-order valence-corrected chi connectivity index (χ2v) is 3.60. The zero-order valence-electron chi connectivity index (χ0n) is 9.27.